The van der Waals surface area contributed by atoms with E-state index in [0.29, 0.717) is 13.8 Å². The molecule has 74 valence electrons. The molecule has 1 aromatic heterocycles. The number of aromatic nitrogens is 1. The molecule has 1 nitrogen and oxygen atoms in total. The van der Waals surface area contributed by atoms with Crippen molar-refractivity contribution in [2.45, 2.75) is 24.5 Å². The number of pyridine rings is 1. The fourth-order valence-corrected chi connectivity index (χ4v) is 5.45. The minimum absolute atomic E-state index is 0.480. The Bertz CT molecular complexity index is 299. The maximum absolute atomic E-state index is 4.35. The van der Waals surface area contributed by atoms with Gasteiger partial charge in [-0.15, -0.1) is 0 Å². The van der Waals surface area contributed by atoms with Crippen molar-refractivity contribution in [3.8, 4) is 0 Å². The molecule has 1 unspecified atom stereocenters. The fraction of sp³-hybridized carbons (Fsp3) is 0.364. The number of hydrogen-bond donors (Lipinski definition) is 0. The van der Waals surface area contributed by atoms with Crippen LogP contribution in [0, 0.1) is 0 Å². The first-order chi connectivity index (χ1) is 6.95. The van der Waals surface area contributed by atoms with Crippen LogP contribution in [-0.2, 0) is 0 Å². The summed E-state index contributed by atoms with van der Waals surface area (Å²) < 4.78 is 1.25. The Morgan fingerprint density at radius 1 is 1.43 bits per heavy atom. The Kier molecular flexibility index (Phi) is 4.11. The van der Waals surface area contributed by atoms with Crippen molar-refractivity contribution in [3.63, 3.8) is 0 Å². The van der Waals surface area contributed by atoms with E-state index < -0.39 is 0 Å². The van der Waals surface area contributed by atoms with Gasteiger partial charge in [-0.1, -0.05) is 0 Å². The molecule has 0 radical (unpaired) electrons. The molecule has 0 saturated carbocycles. The van der Waals surface area contributed by atoms with Gasteiger partial charge in [-0.3, -0.25) is 0 Å². The fourth-order valence-electron chi connectivity index (χ4n) is 1.37. The van der Waals surface area contributed by atoms with Crippen molar-refractivity contribution in [2.24, 2.45) is 0 Å². The molecule has 0 aliphatic heterocycles. The Hall–Kier alpha value is -0.241. The van der Waals surface area contributed by atoms with Gasteiger partial charge in [-0.25, -0.2) is 0 Å². The zero-order valence-electron chi connectivity index (χ0n) is 7.93. The normalized spacial score (nSPS) is 21.0. The number of hydrogen-bond acceptors (Lipinski definition) is 2. The summed E-state index contributed by atoms with van der Waals surface area (Å²) >= 11 is 0.480. The van der Waals surface area contributed by atoms with Gasteiger partial charge in [-0.05, 0) is 0 Å². The average Bonchev–Trinajstić information content (AvgIpc) is 2.29. The van der Waals surface area contributed by atoms with Crippen molar-refractivity contribution >= 4 is 28.6 Å². The van der Waals surface area contributed by atoms with Gasteiger partial charge in [0.2, 0.25) is 0 Å². The second kappa shape index (κ2) is 5.59. The monoisotopic (exact) mass is 271 g/mol. The third kappa shape index (κ3) is 3.16. The molecule has 0 amide bonds. The summed E-state index contributed by atoms with van der Waals surface area (Å²) in [5.74, 6) is 0. The van der Waals surface area contributed by atoms with E-state index >= 15 is 0 Å². The topological polar surface area (TPSA) is 12.9 Å². The third-order valence-corrected chi connectivity index (χ3v) is 6.76. The zero-order chi connectivity index (χ0) is 9.64. The molecular formula is C11H13NSSe. The van der Waals surface area contributed by atoms with Gasteiger partial charge < -0.3 is 0 Å². The molecule has 0 N–H and O–H groups in total. The van der Waals surface area contributed by atoms with Crippen molar-refractivity contribution in [2.75, 3.05) is 0 Å². The summed E-state index contributed by atoms with van der Waals surface area (Å²) in [5, 5.41) is 0.741. The summed E-state index contributed by atoms with van der Waals surface area (Å²) in [4.78, 5) is 4.35. The average molecular weight is 270 g/mol. The van der Waals surface area contributed by atoms with Gasteiger partial charge in [0, 0.05) is 0 Å². The number of allylic oxidation sites excluding steroid dienone is 1. The molecule has 1 atom stereocenters. The van der Waals surface area contributed by atoms with E-state index in [9.17, 15) is 0 Å². The molecule has 1 aliphatic rings. The molecule has 1 aromatic rings. The van der Waals surface area contributed by atoms with E-state index in [2.05, 4.69) is 39.4 Å². The SMILES string of the molecule is C1=CC(S[Se]c2ccccn2)CCC1. The standard InChI is InChI=1S/C11H13NSSe/c1-2-6-10(7-3-1)13-14-11-8-4-5-9-12-11/h2,4-6,8-10H,1,3,7H2. The molecule has 2 rings (SSSR count). The van der Waals surface area contributed by atoms with Crippen LogP contribution in [0.4, 0.5) is 0 Å². The van der Waals surface area contributed by atoms with Gasteiger partial charge in [0.25, 0.3) is 0 Å². The van der Waals surface area contributed by atoms with Gasteiger partial charge in [0.05, 0.1) is 0 Å². The van der Waals surface area contributed by atoms with Crippen molar-refractivity contribution in [3.05, 3.63) is 36.5 Å². The molecule has 14 heavy (non-hydrogen) atoms. The van der Waals surface area contributed by atoms with Gasteiger partial charge in [0.1, 0.15) is 0 Å². The molecule has 0 saturated heterocycles. The van der Waals surface area contributed by atoms with Crippen LogP contribution in [0.3, 0.4) is 0 Å². The van der Waals surface area contributed by atoms with Crippen LogP contribution in [0.25, 0.3) is 0 Å². The molecule has 0 bridgehead atoms. The van der Waals surface area contributed by atoms with Crippen LogP contribution in [-0.4, -0.2) is 24.1 Å². The molecule has 0 fully saturated rings. The molecular weight excluding hydrogens is 257 g/mol. The number of rotatable bonds is 3. The van der Waals surface area contributed by atoms with Gasteiger partial charge in [0.15, 0.2) is 0 Å². The van der Waals surface area contributed by atoms with E-state index in [4.69, 9.17) is 0 Å². The summed E-state index contributed by atoms with van der Waals surface area (Å²) in [5.41, 5.74) is 0. The second-order valence-corrected chi connectivity index (χ2v) is 7.35. The van der Waals surface area contributed by atoms with Crippen LogP contribution in [0.5, 0.6) is 0 Å². The van der Waals surface area contributed by atoms with Crippen LogP contribution in [0.1, 0.15) is 19.3 Å². The summed E-state index contributed by atoms with van der Waals surface area (Å²) in [6, 6.07) is 6.17. The second-order valence-electron chi connectivity index (χ2n) is 3.25. The molecule has 1 aliphatic carbocycles. The van der Waals surface area contributed by atoms with Crippen LogP contribution in [0.15, 0.2) is 36.5 Å². The third-order valence-electron chi connectivity index (χ3n) is 2.11. The zero-order valence-corrected chi connectivity index (χ0v) is 10.5. The summed E-state index contributed by atoms with van der Waals surface area (Å²) in [6.07, 6.45) is 10.5. The minimum atomic E-state index is 0.480. The van der Waals surface area contributed by atoms with E-state index in [0.717, 1.165) is 5.25 Å². The van der Waals surface area contributed by atoms with E-state index in [1.165, 1.54) is 23.9 Å². The predicted molar refractivity (Wildman–Crippen MR) is 64.0 cm³/mol. The van der Waals surface area contributed by atoms with Gasteiger partial charge in [-0.2, -0.15) is 0 Å². The van der Waals surface area contributed by atoms with E-state index in [1.54, 1.807) is 0 Å². The first-order valence-corrected chi connectivity index (χ1v) is 8.62. The molecule has 0 aromatic carbocycles. The number of nitrogens with zero attached hydrogens (tertiary/aromatic N) is 1. The summed E-state index contributed by atoms with van der Waals surface area (Å²) in [6.45, 7) is 0. The molecule has 0 spiro atoms. The molecule has 3 heteroatoms. The Labute approximate surface area is 94.6 Å². The van der Waals surface area contributed by atoms with Crippen LogP contribution < -0.4 is 4.59 Å². The summed E-state index contributed by atoms with van der Waals surface area (Å²) in [7, 11) is 2.06. The first kappa shape index (κ1) is 10.3. The van der Waals surface area contributed by atoms with Crippen molar-refractivity contribution in [1.82, 2.24) is 4.98 Å². The maximum atomic E-state index is 4.35. The Balaban J connectivity index is 1.82. The predicted octanol–water partition coefficient (Wildman–Crippen LogP) is 2.17. The van der Waals surface area contributed by atoms with E-state index in [1.807, 2.05) is 12.3 Å². The van der Waals surface area contributed by atoms with Gasteiger partial charge >= 0.3 is 94.7 Å². The van der Waals surface area contributed by atoms with Crippen LogP contribution in [0.2, 0.25) is 0 Å². The Morgan fingerprint density at radius 3 is 3.14 bits per heavy atom. The first-order valence-electron chi connectivity index (χ1n) is 4.86. The van der Waals surface area contributed by atoms with Crippen molar-refractivity contribution < 1.29 is 0 Å². The quantitative estimate of drug-likeness (QED) is 0.616. The Morgan fingerprint density at radius 2 is 2.43 bits per heavy atom. The molecule has 1 heterocycles. The van der Waals surface area contributed by atoms with Crippen molar-refractivity contribution in [1.29, 1.82) is 0 Å². The van der Waals surface area contributed by atoms with E-state index in [-0.39, 0.29) is 0 Å². The van der Waals surface area contributed by atoms with Crippen LogP contribution >= 0.6 is 10.2 Å².